The minimum absolute atomic E-state index is 0.482. The smallest absolute Gasteiger partial charge is 0.126 e. The zero-order valence-corrected chi connectivity index (χ0v) is 11.8. The lowest BCUT2D eigenvalue weighted by Crippen LogP contribution is -1.98. The molecule has 0 fully saturated rings. The molecule has 0 atom stereocenters. The number of ether oxygens (including phenoxy) is 3. The van der Waals surface area contributed by atoms with E-state index in [9.17, 15) is 0 Å². The second-order valence-electron chi connectivity index (χ2n) is 4.41. The molecule has 0 amide bonds. The lowest BCUT2D eigenvalue weighted by molar-refractivity contribution is 0.105. The van der Waals surface area contributed by atoms with Crippen molar-refractivity contribution >= 4 is 5.69 Å². The molecule has 4 heteroatoms. The molecule has 106 valence electrons. The summed E-state index contributed by atoms with van der Waals surface area (Å²) in [5.74, 6) is 1.59. The highest BCUT2D eigenvalue weighted by atomic mass is 16.5. The monoisotopic (exact) mass is 273 g/mol. The molecule has 0 aliphatic carbocycles. The number of hydrogen-bond donors (Lipinski definition) is 1. The fraction of sp³-hybridized carbons (Fsp3) is 0.250. The predicted octanol–water partition coefficient (Wildman–Crippen LogP) is 3.00. The Hall–Kier alpha value is -2.20. The van der Waals surface area contributed by atoms with Crippen LogP contribution in [0.2, 0.25) is 0 Å². The van der Waals surface area contributed by atoms with Crippen LogP contribution in [-0.2, 0) is 18.0 Å². The Morgan fingerprint density at radius 1 is 0.900 bits per heavy atom. The van der Waals surface area contributed by atoms with Crippen molar-refractivity contribution in [2.75, 3.05) is 20.0 Å². The van der Waals surface area contributed by atoms with Gasteiger partial charge in [0.2, 0.25) is 0 Å². The van der Waals surface area contributed by atoms with Gasteiger partial charge in [-0.3, -0.25) is 0 Å². The third-order valence-electron chi connectivity index (χ3n) is 3.00. The van der Waals surface area contributed by atoms with Crippen molar-refractivity contribution < 1.29 is 14.2 Å². The summed E-state index contributed by atoms with van der Waals surface area (Å²) in [7, 11) is 3.28. The van der Waals surface area contributed by atoms with Crippen molar-refractivity contribution in [1.82, 2.24) is 0 Å². The first-order chi connectivity index (χ1) is 9.72. The number of hydrogen-bond acceptors (Lipinski definition) is 4. The summed E-state index contributed by atoms with van der Waals surface area (Å²) in [5, 5.41) is 0. The number of nitrogens with two attached hydrogens (primary N) is 1. The largest absolute Gasteiger partial charge is 0.497 e. The molecule has 0 aromatic heterocycles. The van der Waals surface area contributed by atoms with E-state index in [1.165, 1.54) is 0 Å². The van der Waals surface area contributed by atoms with E-state index in [1.54, 1.807) is 20.3 Å². The topological polar surface area (TPSA) is 53.7 Å². The zero-order chi connectivity index (χ0) is 14.4. The third-order valence-corrected chi connectivity index (χ3v) is 3.00. The number of anilines is 1. The van der Waals surface area contributed by atoms with Gasteiger partial charge >= 0.3 is 0 Å². The van der Waals surface area contributed by atoms with Crippen LogP contribution in [0.15, 0.2) is 42.5 Å². The molecule has 0 saturated heterocycles. The van der Waals surface area contributed by atoms with Gasteiger partial charge in [-0.05, 0) is 23.8 Å². The molecule has 0 unspecified atom stereocenters. The Balaban J connectivity index is 1.92. The normalized spacial score (nSPS) is 10.3. The van der Waals surface area contributed by atoms with Gasteiger partial charge in [0.15, 0.2) is 0 Å². The Morgan fingerprint density at radius 3 is 2.30 bits per heavy atom. The van der Waals surface area contributed by atoms with Crippen molar-refractivity contribution in [1.29, 1.82) is 0 Å². The van der Waals surface area contributed by atoms with E-state index >= 15 is 0 Å². The lowest BCUT2D eigenvalue weighted by atomic mass is 10.2. The molecule has 0 aliphatic rings. The highest BCUT2D eigenvalue weighted by Gasteiger charge is 2.04. The summed E-state index contributed by atoms with van der Waals surface area (Å²) < 4.78 is 16.1. The van der Waals surface area contributed by atoms with Crippen LogP contribution in [0.5, 0.6) is 11.5 Å². The Bertz CT molecular complexity index is 552. The van der Waals surface area contributed by atoms with Crippen LogP contribution in [-0.4, -0.2) is 14.2 Å². The standard InChI is InChI=1S/C16H19NO3/c1-18-15-7-3-12(4-8-15)10-20-11-13-5-6-14(17)9-16(13)19-2/h3-9H,10-11,17H2,1-2H3. The van der Waals surface area contributed by atoms with Gasteiger partial charge in [-0.2, -0.15) is 0 Å². The van der Waals surface area contributed by atoms with Gasteiger partial charge in [0.1, 0.15) is 11.5 Å². The summed E-state index contributed by atoms with van der Waals surface area (Å²) in [4.78, 5) is 0. The Labute approximate surface area is 119 Å². The highest BCUT2D eigenvalue weighted by Crippen LogP contribution is 2.22. The molecule has 0 saturated carbocycles. The molecule has 0 heterocycles. The summed E-state index contributed by atoms with van der Waals surface area (Å²) in [6.45, 7) is 1.02. The van der Waals surface area contributed by atoms with Crippen LogP contribution in [0.4, 0.5) is 5.69 Å². The van der Waals surface area contributed by atoms with Crippen molar-refractivity contribution in [3.05, 3.63) is 53.6 Å². The molecule has 4 nitrogen and oxygen atoms in total. The van der Waals surface area contributed by atoms with Crippen LogP contribution in [0.3, 0.4) is 0 Å². The first-order valence-corrected chi connectivity index (χ1v) is 6.36. The van der Waals surface area contributed by atoms with Gasteiger partial charge in [0.25, 0.3) is 0 Å². The third kappa shape index (κ3) is 3.65. The molecular weight excluding hydrogens is 254 g/mol. The molecular formula is C16H19NO3. The number of rotatable bonds is 6. The van der Waals surface area contributed by atoms with Crippen molar-refractivity contribution in [2.45, 2.75) is 13.2 Å². The predicted molar refractivity (Wildman–Crippen MR) is 78.9 cm³/mol. The minimum Gasteiger partial charge on any atom is -0.497 e. The maximum Gasteiger partial charge on any atom is 0.126 e. The van der Waals surface area contributed by atoms with Gasteiger partial charge in [0.05, 0.1) is 27.4 Å². The molecule has 20 heavy (non-hydrogen) atoms. The SMILES string of the molecule is COc1ccc(COCc2ccc(N)cc2OC)cc1. The van der Waals surface area contributed by atoms with E-state index in [4.69, 9.17) is 19.9 Å². The molecule has 0 radical (unpaired) electrons. The van der Waals surface area contributed by atoms with E-state index in [2.05, 4.69) is 0 Å². The van der Waals surface area contributed by atoms with Gasteiger partial charge in [0, 0.05) is 17.3 Å². The summed E-state index contributed by atoms with van der Waals surface area (Å²) in [6.07, 6.45) is 0. The first kappa shape index (κ1) is 14.2. The van der Waals surface area contributed by atoms with Gasteiger partial charge in [-0.25, -0.2) is 0 Å². The molecule has 2 rings (SSSR count). The summed E-state index contributed by atoms with van der Waals surface area (Å²) >= 11 is 0. The van der Waals surface area contributed by atoms with E-state index in [-0.39, 0.29) is 0 Å². The zero-order valence-electron chi connectivity index (χ0n) is 11.8. The van der Waals surface area contributed by atoms with Gasteiger partial charge in [-0.15, -0.1) is 0 Å². The summed E-state index contributed by atoms with van der Waals surface area (Å²) in [5.41, 5.74) is 8.48. The summed E-state index contributed by atoms with van der Waals surface area (Å²) in [6, 6.07) is 13.4. The molecule has 0 aliphatic heterocycles. The van der Waals surface area contributed by atoms with Crippen molar-refractivity contribution in [3.8, 4) is 11.5 Å². The average molecular weight is 273 g/mol. The van der Waals surface area contributed by atoms with Crippen LogP contribution < -0.4 is 15.2 Å². The minimum atomic E-state index is 0.482. The first-order valence-electron chi connectivity index (χ1n) is 6.36. The van der Waals surface area contributed by atoms with E-state index in [0.29, 0.717) is 18.9 Å². The van der Waals surface area contributed by atoms with Gasteiger partial charge < -0.3 is 19.9 Å². The van der Waals surface area contributed by atoms with Crippen LogP contribution in [0, 0.1) is 0 Å². The number of nitrogen functional groups attached to an aromatic ring is 1. The second kappa shape index (κ2) is 6.82. The van der Waals surface area contributed by atoms with Crippen LogP contribution in [0.1, 0.15) is 11.1 Å². The Kier molecular flexibility index (Phi) is 4.85. The van der Waals surface area contributed by atoms with E-state index in [1.807, 2.05) is 36.4 Å². The molecule has 2 aromatic carbocycles. The quantitative estimate of drug-likeness (QED) is 0.822. The molecule has 0 spiro atoms. The fourth-order valence-corrected chi connectivity index (χ4v) is 1.88. The molecule has 0 bridgehead atoms. The van der Waals surface area contributed by atoms with Gasteiger partial charge in [-0.1, -0.05) is 18.2 Å². The van der Waals surface area contributed by atoms with Crippen molar-refractivity contribution in [3.63, 3.8) is 0 Å². The maximum atomic E-state index is 5.72. The molecule has 2 N–H and O–H groups in total. The second-order valence-corrected chi connectivity index (χ2v) is 4.41. The molecule has 2 aromatic rings. The Morgan fingerprint density at radius 2 is 1.65 bits per heavy atom. The van der Waals surface area contributed by atoms with Crippen molar-refractivity contribution in [2.24, 2.45) is 0 Å². The lowest BCUT2D eigenvalue weighted by Gasteiger charge is -2.10. The fourth-order valence-electron chi connectivity index (χ4n) is 1.88. The average Bonchev–Trinajstić information content (AvgIpc) is 2.49. The van der Waals surface area contributed by atoms with Crippen LogP contribution in [0.25, 0.3) is 0 Å². The van der Waals surface area contributed by atoms with E-state index < -0.39 is 0 Å². The van der Waals surface area contributed by atoms with Crippen LogP contribution >= 0.6 is 0 Å². The van der Waals surface area contributed by atoms with E-state index in [0.717, 1.165) is 22.6 Å². The number of methoxy groups -OCH3 is 2. The maximum absolute atomic E-state index is 5.72. The number of benzene rings is 2. The highest BCUT2D eigenvalue weighted by molar-refractivity contribution is 5.48.